The molecule has 0 unspecified atom stereocenters. The molecule has 0 aliphatic heterocycles. The molecular weight excluding hydrogens is 617 g/mol. The Morgan fingerprint density at radius 1 is 1.00 bits per heavy atom. The number of sulfonamides is 1. The number of nitrogens with zero attached hydrogens (tertiary/aromatic N) is 1. The first-order valence-electron chi connectivity index (χ1n) is 14.4. The molecule has 236 valence electrons. The Kier molecular flexibility index (Phi) is 8.32. The molecule has 1 heterocycles. The van der Waals surface area contributed by atoms with Crippen LogP contribution in [0.5, 0.6) is 11.5 Å². The Morgan fingerprint density at radius 3 is 2.22 bits per heavy atom. The minimum absolute atomic E-state index is 0.0473. The van der Waals surface area contributed by atoms with E-state index < -0.39 is 28.9 Å². The van der Waals surface area contributed by atoms with Gasteiger partial charge in [-0.05, 0) is 90.6 Å². The second kappa shape index (κ2) is 12.2. The standard InChI is InChI=1S/C33H29BF2N2O7S/c1-37-33(39)31-26-16-25(20-4-5-20)29(38(46(2,42)43)18-19-3-14-27(34(40)41)28(36)15-19)17-30(26)45-32(31)21-6-10-23(11-7-21)44-24-12-8-22(35)9-13-24/h3,6-17,20,40-41H,4-5,18H2,1-2H3,(H,37,39). The van der Waals surface area contributed by atoms with Gasteiger partial charge in [-0.25, -0.2) is 17.2 Å². The molecule has 1 saturated carbocycles. The van der Waals surface area contributed by atoms with E-state index in [2.05, 4.69) is 5.32 Å². The number of amides is 1. The molecule has 4 aromatic carbocycles. The molecule has 0 radical (unpaired) electrons. The summed E-state index contributed by atoms with van der Waals surface area (Å²) in [5.74, 6) is -0.403. The average Bonchev–Trinajstić information content (AvgIpc) is 3.80. The van der Waals surface area contributed by atoms with Gasteiger partial charge in [0.05, 0.1) is 24.1 Å². The molecule has 13 heteroatoms. The number of hydrogen-bond acceptors (Lipinski definition) is 7. The van der Waals surface area contributed by atoms with E-state index in [9.17, 15) is 32.0 Å². The summed E-state index contributed by atoms with van der Waals surface area (Å²) in [6, 6.07) is 19.5. The zero-order valence-electron chi connectivity index (χ0n) is 24.8. The van der Waals surface area contributed by atoms with Gasteiger partial charge in [-0.2, -0.15) is 0 Å². The Morgan fingerprint density at radius 2 is 1.65 bits per heavy atom. The first-order valence-corrected chi connectivity index (χ1v) is 16.3. The van der Waals surface area contributed by atoms with Gasteiger partial charge in [0.2, 0.25) is 10.0 Å². The highest BCUT2D eigenvalue weighted by molar-refractivity contribution is 7.92. The average molecular weight is 646 g/mol. The Labute approximate surface area is 264 Å². The monoisotopic (exact) mass is 646 g/mol. The number of ether oxygens (including phenoxy) is 1. The van der Waals surface area contributed by atoms with Crippen molar-refractivity contribution in [2.24, 2.45) is 0 Å². The number of benzene rings is 4. The van der Waals surface area contributed by atoms with Gasteiger partial charge in [-0.1, -0.05) is 12.1 Å². The quantitative estimate of drug-likeness (QED) is 0.181. The molecule has 0 atom stereocenters. The SMILES string of the molecule is CNC(=O)c1c(-c2ccc(Oc3ccc(F)cc3)cc2)oc2cc(N(Cc3ccc(B(O)O)c(F)c3)S(C)(=O)=O)c(C3CC3)cc12. The maximum absolute atomic E-state index is 14.6. The number of fused-ring (bicyclic) bond motifs is 1. The van der Waals surface area contributed by atoms with Crippen molar-refractivity contribution in [3.8, 4) is 22.8 Å². The lowest BCUT2D eigenvalue weighted by Gasteiger charge is -2.25. The first-order chi connectivity index (χ1) is 21.9. The summed E-state index contributed by atoms with van der Waals surface area (Å²) in [6.07, 6.45) is 2.70. The van der Waals surface area contributed by atoms with Crippen molar-refractivity contribution in [2.45, 2.75) is 25.3 Å². The van der Waals surface area contributed by atoms with E-state index in [1.165, 1.54) is 43.4 Å². The van der Waals surface area contributed by atoms with E-state index in [-0.39, 0.29) is 40.6 Å². The van der Waals surface area contributed by atoms with E-state index >= 15 is 0 Å². The molecule has 0 saturated heterocycles. The van der Waals surface area contributed by atoms with Gasteiger partial charge < -0.3 is 24.5 Å². The van der Waals surface area contributed by atoms with Crippen LogP contribution in [0.4, 0.5) is 14.5 Å². The van der Waals surface area contributed by atoms with E-state index in [1.54, 1.807) is 36.4 Å². The molecule has 1 amide bonds. The van der Waals surface area contributed by atoms with Crippen molar-refractivity contribution in [1.82, 2.24) is 5.32 Å². The normalized spacial score (nSPS) is 13.1. The number of furan rings is 1. The summed E-state index contributed by atoms with van der Waals surface area (Å²) in [5, 5.41) is 21.9. The molecule has 6 rings (SSSR count). The largest absolute Gasteiger partial charge is 0.491 e. The van der Waals surface area contributed by atoms with Crippen LogP contribution in [0.3, 0.4) is 0 Å². The van der Waals surface area contributed by atoms with Crippen LogP contribution in [0.1, 0.15) is 40.2 Å². The number of halogens is 2. The van der Waals surface area contributed by atoms with Crippen LogP contribution in [0, 0.1) is 11.6 Å². The minimum Gasteiger partial charge on any atom is -0.457 e. The van der Waals surface area contributed by atoms with Crippen LogP contribution < -0.4 is 19.8 Å². The lowest BCUT2D eigenvalue weighted by Crippen LogP contribution is -2.34. The highest BCUT2D eigenvalue weighted by Gasteiger charge is 2.33. The molecule has 46 heavy (non-hydrogen) atoms. The number of carbonyl (C=O) groups is 1. The van der Waals surface area contributed by atoms with Crippen molar-refractivity contribution in [1.29, 1.82) is 0 Å². The van der Waals surface area contributed by atoms with Crippen molar-refractivity contribution < 1.29 is 41.2 Å². The van der Waals surface area contributed by atoms with Crippen LogP contribution in [-0.2, 0) is 16.6 Å². The Bertz CT molecular complexity index is 2050. The summed E-state index contributed by atoms with van der Waals surface area (Å²) >= 11 is 0. The lowest BCUT2D eigenvalue weighted by molar-refractivity contribution is 0.0964. The number of anilines is 1. The summed E-state index contributed by atoms with van der Waals surface area (Å²) in [7, 11) is -4.41. The van der Waals surface area contributed by atoms with Crippen molar-refractivity contribution in [2.75, 3.05) is 17.6 Å². The Hall–Kier alpha value is -4.72. The van der Waals surface area contributed by atoms with Crippen molar-refractivity contribution in [3.63, 3.8) is 0 Å². The number of carbonyl (C=O) groups excluding carboxylic acids is 1. The molecule has 9 nitrogen and oxygen atoms in total. The highest BCUT2D eigenvalue weighted by Crippen LogP contribution is 2.48. The van der Waals surface area contributed by atoms with Crippen molar-refractivity contribution >= 4 is 45.2 Å². The third-order valence-corrected chi connectivity index (χ3v) is 8.94. The van der Waals surface area contributed by atoms with Gasteiger partial charge in [0.1, 0.15) is 34.5 Å². The van der Waals surface area contributed by atoms with Crippen LogP contribution in [0.2, 0.25) is 0 Å². The zero-order chi connectivity index (χ0) is 32.7. The summed E-state index contributed by atoms with van der Waals surface area (Å²) < 4.78 is 67.4. The first kappa shape index (κ1) is 31.3. The smallest absolute Gasteiger partial charge is 0.457 e. The van der Waals surface area contributed by atoms with Gasteiger partial charge in [0.15, 0.2) is 0 Å². The van der Waals surface area contributed by atoms with Crippen LogP contribution in [0.25, 0.3) is 22.3 Å². The maximum atomic E-state index is 14.6. The number of nitrogens with one attached hydrogen (secondary N) is 1. The van der Waals surface area contributed by atoms with Gasteiger partial charge in [0, 0.05) is 29.5 Å². The van der Waals surface area contributed by atoms with E-state index in [4.69, 9.17) is 9.15 Å². The molecule has 1 aliphatic carbocycles. The number of hydrogen-bond donors (Lipinski definition) is 3. The van der Waals surface area contributed by atoms with E-state index in [0.29, 0.717) is 39.3 Å². The molecule has 0 spiro atoms. The summed E-state index contributed by atoms with van der Waals surface area (Å²) in [4.78, 5) is 13.2. The van der Waals surface area contributed by atoms with Gasteiger partial charge >= 0.3 is 7.12 Å². The second-order valence-corrected chi connectivity index (χ2v) is 13.1. The van der Waals surface area contributed by atoms with Crippen LogP contribution >= 0.6 is 0 Å². The van der Waals surface area contributed by atoms with E-state index in [1.807, 2.05) is 0 Å². The minimum atomic E-state index is -3.91. The number of rotatable bonds is 10. The predicted molar refractivity (Wildman–Crippen MR) is 171 cm³/mol. The fourth-order valence-electron chi connectivity index (χ4n) is 5.38. The molecule has 1 fully saturated rings. The predicted octanol–water partition coefficient (Wildman–Crippen LogP) is 5.05. The maximum Gasteiger partial charge on any atom is 0.491 e. The van der Waals surface area contributed by atoms with Crippen LogP contribution in [-0.4, -0.2) is 44.8 Å². The third-order valence-electron chi connectivity index (χ3n) is 7.81. The molecule has 0 bridgehead atoms. The lowest BCUT2D eigenvalue weighted by atomic mass is 9.79. The topological polar surface area (TPSA) is 129 Å². The molecule has 3 N–H and O–H groups in total. The summed E-state index contributed by atoms with van der Waals surface area (Å²) in [5.41, 5.74) is 2.15. The van der Waals surface area contributed by atoms with E-state index in [0.717, 1.165) is 29.5 Å². The third kappa shape index (κ3) is 6.34. The second-order valence-electron chi connectivity index (χ2n) is 11.1. The Balaban J connectivity index is 1.43. The fraction of sp³-hybridized carbons (Fsp3) is 0.182. The zero-order valence-corrected chi connectivity index (χ0v) is 25.6. The van der Waals surface area contributed by atoms with Gasteiger partial charge in [-0.3, -0.25) is 9.10 Å². The molecule has 1 aromatic heterocycles. The molecule has 1 aliphatic rings. The van der Waals surface area contributed by atoms with Crippen molar-refractivity contribution in [3.05, 3.63) is 107 Å². The molecular formula is C33H29BF2N2O7S. The van der Waals surface area contributed by atoms with Gasteiger partial charge in [-0.15, -0.1) is 0 Å². The molecule has 5 aromatic rings. The summed E-state index contributed by atoms with van der Waals surface area (Å²) in [6.45, 7) is -0.228. The van der Waals surface area contributed by atoms with Crippen LogP contribution in [0.15, 0.2) is 83.3 Å². The van der Waals surface area contributed by atoms with Gasteiger partial charge in [0.25, 0.3) is 5.91 Å². The highest BCUT2D eigenvalue weighted by atomic mass is 32.2. The fourth-order valence-corrected chi connectivity index (χ4v) is 6.28.